The number of thiophene rings is 1. The van der Waals surface area contributed by atoms with E-state index in [1.807, 2.05) is 24.6 Å². The molecule has 22 heavy (non-hydrogen) atoms. The quantitative estimate of drug-likeness (QED) is 0.894. The Balaban J connectivity index is 1.59. The number of hydrogen-bond acceptors (Lipinski definition) is 6. The SMILES string of the molecule is Cc1ccc(S(=O)(=O)NCC2CCCN(c3nccs3)C2)s1. The van der Waals surface area contributed by atoms with E-state index in [0.29, 0.717) is 16.7 Å². The van der Waals surface area contributed by atoms with E-state index in [-0.39, 0.29) is 0 Å². The number of rotatable bonds is 5. The molecule has 1 unspecified atom stereocenters. The zero-order valence-corrected chi connectivity index (χ0v) is 14.8. The molecule has 120 valence electrons. The van der Waals surface area contributed by atoms with Gasteiger partial charge in [0.2, 0.25) is 10.0 Å². The van der Waals surface area contributed by atoms with Gasteiger partial charge < -0.3 is 4.90 Å². The molecule has 2 aromatic heterocycles. The molecule has 0 aromatic carbocycles. The molecule has 3 rings (SSSR count). The van der Waals surface area contributed by atoms with E-state index in [0.717, 1.165) is 35.9 Å². The lowest BCUT2D eigenvalue weighted by molar-refractivity contribution is 0.411. The zero-order valence-electron chi connectivity index (χ0n) is 12.4. The highest BCUT2D eigenvalue weighted by Gasteiger charge is 2.24. The van der Waals surface area contributed by atoms with Gasteiger partial charge in [0.15, 0.2) is 5.13 Å². The second kappa shape index (κ2) is 6.66. The number of aromatic nitrogens is 1. The predicted octanol–water partition coefficient (Wildman–Crippen LogP) is 2.71. The molecule has 0 radical (unpaired) electrons. The Kier molecular flexibility index (Phi) is 4.82. The van der Waals surface area contributed by atoms with Gasteiger partial charge in [0, 0.05) is 36.1 Å². The largest absolute Gasteiger partial charge is 0.348 e. The summed E-state index contributed by atoms with van der Waals surface area (Å²) in [6.07, 6.45) is 3.93. The van der Waals surface area contributed by atoms with Gasteiger partial charge in [-0.25, -0.2) is 18.1 Å². The molecule has 0 bridgehead atoms. The highest BCUT2D eigenvalue weighted by atomic mass is 32.2. The molecule has 1 fully saturated rings. The summed E-state index contributed by atoms with van der Waals surface area (Å²) < 4.78 is 27.7. The van der Waals surface area contributed by atoms with Gasteiger partial charge in [-0.2, -0.15) is 0 Å². The molecule has 1 aliphatic rings. The van der Waals surface area contributed by atoms with Crippen LogP contribution in [0.1, 0.15) is 17.7 Å². The number of thiazole rings is 1. The average molecular weight is 358 g/mol. The molecule has 1 N–H and O–H groups in total. The summed E-state index contributed by atoms with van der Waals surface area (Å²) in [5.74, 6) is 0.327. The van der Waals surface area contributed by atoms with E-state index in [4.69, 9.17) is 0 Å². The summed E-state index contributed by atoms with van der Waals surface area (Å²) >= 11 is 2.94. The van der Waals surface area contributed by atoms with Gasteiger partial charge in [-0.05, 0) is 37.8 Å². The lowest BCUT2D eigenvalue weighted by Crippen LogP contribution is -2.40. The van der Waals surface area contributed by atoms with E-state index in [1.54, 1.807) is 17.4 Å². The van der Waals surface area contributed by atoms with Crippen molar-refractivity contribution in [1.82, 2.24) is 9.71 Å². The van der Waals surface area contributed by atoms with E-state index in [1.165, 1.54) is 11.3 Å². The number of nitrogens with zero attached hydrogens (tertiary/aromatic N) is 2. The minimum Gasteiger partial charge on any atom is -0.348 e. The summed E-state index contributed by atoms with van der Waals surface area (Å²) in [7, 11) is -3.37. The molecule has 0 saturated carbocycles. The number of sulfonamides is 1. The summed E-state index contributed by atoms with van der Waals surface area (Å²) in [5.41, 5.74) is 0. The van der Waals surface area contributed by atoms with Crippen LogP contribution < -0.4 is 9.62 Å². The predicted molar refractivity (Wildman–Crippen MR) is 91.3 cm³/mol. The molecule has 3 heterocycles. The van der Waals surface area contributed by atoms with Crippen molar-refractivity contribution >= 4 is 37.8 Å². The molecule has 1 saturated heterocycles. The van der Waals surface area contributed by atoms with Crippen LogP contribution in [0.25, 0.3) is 0 Å². The van der Waals surface area contributed by atoms with Gasteiger partial charge in [-0.15, -0.1) is 22.7 Å². The van der Waals surface area contributed by atoms with E-state index < -0.39 is 10.0 Å². The summed E-state index contributed by atoms with van der Waals surface area (Å²) in [6.45, 7) is 4.26. The van der Waals surface area contributed by atoms with Crippen LogP contribution in [0, 0.1) is 12.8 Å². The summed E-state index contributed by atoms with van der Waals surface area (Å²) in [6, 6.07) is 3.51. The van der Waals surface area contributed by atoms with Gasteiger partial charge in [-0.1, -0.05) is 0 Å². The van der Waals surface area contributed by atoms with Crippen LogP contribution in [0.4, 0.5) is 5.13 Å². The number of hydrogen-bond donors (Lipinski definition) is 1. The second-order valence-corrected chi connectivity index (χ2v) is 9.64. The Morgan fingerprint density at radius 1 is 1.45 bits per heavy atom. The van der Waals surface area contributed by atoms with Crippen LogP contribution in [-0.4, -0.2) is 33.0 Å². The molecule has 2 aromatic rings. The maximum Gasteiger partial charge on any atom is 0.250 e. The van der Waals surface area contributed by atoms with Gasteiger partial charge >= 0.3 is 0 Å². The zero-order chi connectivity index (χ0) is 15.6. The molecule has 1 aliphatic heterocycles. The van der Waals surface area contributed by atoms with E-state index in [9.17, 15) is 8.42 Å². The Morgan fingerprint density at radius 2 is 2.32 bits per heavy atom. The van der Waals surface area contributed by atoms with Crippen LogP contribution in [0.5, 0.6) is 0 Å². The van der Waals surface area contributed by atoms with Crippen LogP contribution in [-0.2, 0) is 10.0 Å². The number of aryl methyl sites for hydroxylation is 1. The number of nitrogens with one attached hydrogen (secondary N) is 1. The third-order valence-corrected chi connectivity index (χ3v) is 7.50. The molecule has 5 nitrogen and oxygen atoms in total. The fraction of sp³-hybridized carbons (Fsp3) is 0.500. The Labute approximate surface area is 139 Å². The van der Waals surface area contributed by atoms with Gasteiger partial charge in [0.1, 0.15) is 4.21 Å². The summed E-state index contributed by atoms with van der Waals surface area (Å²) in [4.78, 5) is 7.60. The molecule has 8 heteroatoms. The van der Waals surface area contributed by atoms with Crippen molar-refractivity contribution in [1.29, 1.82) is 0 Å². The lowest BCUT2D eigenvalue weighted by Gasteiger charge is -2.32. The fourth-order valence-corrected chi connectivity index (χ4v) is 5.76. The maximum atomic E-state index is 12.3. The Hall–Kier alpha value is -0.960. The van der Waals surface area contributed by atoms with Crippen LogP contribution in [0.3, 0.4) is 0 Å². The van der Waals surface area contributed by atoms with E-state index in [2.05, 4.69) is 14.6 Å². The molecule has 0 spiro atoms. The van der Waals surface area contributed by atoms with Crippen LogP contribution in [0.15, 0.2) is 27.9 Å². The third-order valence-electron chi connectivity index (χ3n) is 3.75. The fourth-order valence-electron chi connectivity index (χ4n) is 2.63. The maximum absolute atomic E-state index is 12.3. The molecular weight excluding hydrogens is 338 g/mol. The topological polar surface area (TPSA) is 62.3 Å². The smallest absolute Gasteiger partial charge is 0.250 e. The van der Waals surface area contributed by atoms with Crippen molar-refractivity contribution in [3.05, 3.63) is 28.6 Å². The number of anilines is 1. The Morgan fingerprint density at radius 3 is 3.00 bits per heavy atom. The van der Waals surface area contributed by atoms with Crippen molar-refractivity contribution in [3.63, 3.8) is 0 Å². The minimum absolute atomic E-state index is 0.327. The normalized spacial score (nSPS) is 19.5. The molecule has 0 amide bonds. The van der Waals surface area contributed by atoms with Gasteiger partial charge in [-0.3, -0.25) is 0 Å². The van der Waals surface area contributed by atoms with E-state index >= 15 is 0 Å². The standard InChI is InChI=1S/C14H19N3O2S3/c1-11-4-5-13(21-11)22(18,19)16-9-12-3-2-7-17(10-12)14-15-6-8-20-14/h4-6,8,12,16H,2-3,7,9-10H2,1H3. The van der Waals surface area contributed by atoms with Crippen LogP contribution >= 0.6 is 22.7 Å². The highest BCUT2D eigenvalue weighted by molar-refractivity contribution is 7.91. The lowest BCUT2D eigenvalue weighted by atomic mass is 9.99. The van der Waals surface area contributed by atoms with Gasteiger partial charge in [0.25, 0.3) is 0 Å². The summed E-state index contributed by atoms with van der Waals surface area (Å²) in [5, 5.41) is 3.00. The minimum atomic E-state index is -3.37. The first-order valence-electron chi connectivity index (χ1n) is 7.25. The highest BCUT2D eigenvalue weighted by Crippen LogP contribution is 2.25. The van der Waals surface area contributed by atoms with Crippen molar-refractivity contribution in [2.45, 2.75) is 24.0 Å². The van der Waals surface area contributed by atoms with Crippen LogP contribution in [0.2, 0.25) is 0 Å². The molecule has 0 aliphatic carbocycles. The van der Waals surface area contributed by atoms with Gasteiger partial charge in [0.05, 0.1) is 0 Å². The number of piperidine rings is 1. The monoisotopic (exact) mass is 357 g/mol. The molecular formula is C14H19N3O2S3. The third kappa shape index (κ3) is 3.68. The van der Waals surface area contributed by atoms with Crippen molar-refractivity contribution < 1.29 is 8.42 Å². The average Bonchev–Trinajstić information content (AvgIpc) is 3.17. The first-order valence-corrected chi connectivity index (χ1v) is 10.4. The molecule has 1 atom stereocenters. The first kappa shape index (κ1) is 15.9. The van der Waals surface area contributed by atoms with Crippen molar-refractivity contribution in [3.8, 4) is 0 Å². The first-order chi connectivity index (χ1) is 10.5. The Bertz CT molecular complexity index is 710. The second-order valence-electron chi connectivity index (χ2n) is 5.49. The van der Waals surface area contributed by atoms with Crippen molar-refractivity contribution in [2.75, 3.05) is 24.5 Å². The van der Waals surface area contributed by atoms with Crippen molar-refractivity contribution in [2.24, 2.45) is 5.92 Å².